The van der Waals surface area contributed by atoms with Gasteiger partial charge in [0, 0.05) is 51.0 Å². The minimum absolute atomic E-state index is 0. The van der Waals surface area contributed by atoms with E-state index < -0.39 is 0 Å². The Hall–Kier alpha value is -1.13. The average Bonchev–Trinajstić information content (AvgIpc) is 2.80. The first-order valence-electron chi connectivity index (χ1n) is 11.1. The van der Waals surface area contributed by atoms with E-state index in [-0.39, 0.29) is 29.5 Å². The Morgan fingerprint density at radius 3 is 2.60 bits per heavy atom. The van der Waals surface area contributed by atoms with Crippen molar-refractivity contribution in [3.8, 4) is 5.88 Å². The first kappa shape index (κ1) is 25.1. The maximum Gasteiger partial charge on any atom is 0.213 e. The van der Waals surface area contributed by atoms with Gasteiger partial charge in [0.2, 0.25) is 5.88 Å². The minimum atomic E-state index is 0. The zero-order valence-electron chi connectivity index (χ0n) is 18.5. The smallest absolute Gasteiger partial charge is 0.213 e. The topological polar surface area (TPSA) is 71.0 Å². The Morgan fingerprint density at radius 2 is 1.97 bits per heavy atom. The fourth-order valence-corrected chi connectivity index (χ4v) is 4.31. The van der Waals surface area contributed by atoms with E-state index in [1.807, 2.05) is 19.3 Å². The van der Waals surface area contributed by atoms with Gasteiger partial charge in [-0.1, -0.05) is 32.3 Å². The van der Waals surface area contributed by atoms with Crippen LogP contribution >= 0.6 is 24.0 Å². The molecule has 8 heteroatoms. The van der Waals surface area contributed by atoms with Crippen molar-refractivity contribution in [2.24, 2.45) is 4.99 Å². The molecule has 0 radical (unpaired) electrons. The Bertz CT molecular complexity index is 629. The molecule has 0 aromatic carbocycles. The third-order valence-electron chi connectivity index (χ3n) is 5.99. The van der Waals surface area contributed by atoms with Gasteiger partial charge in [0.05, 0.1) is 19.8 Å². The van der Waals surface area contributed by atoms with Crippen LogP contribution in [0, 0.1) is 0 Å². The van der Waals surface area contributed by atoms with Gasteiger partial charge in [-0.05, 0) is 24.8 Å². The molecule has 3 rings (SSSR count). The molecule has 1 saturated carbocycles. The van der Waals surface area contributed by atoms with Gasteiger partial charge in [-0.25, -0.2) is 4.98 Å². The molecule has 1 aromatic heterocycles. The minimum Gasteiger partial charge on any atom is -0.478 e. The molecule has 30 heavy (non-hydrogen) atoms. The molecule has 0 atom stereocenters. The molecule has 2 aliphatic rings. The average molecular weight is 531 g/mol. The number of aromatic nitrogens is 1. The van der Waals surface area contributed by atoms with Crippen molar-refractivity contribution in [1.29, 1.82) is 0 Å². The second-order valence-corrected chi connectivity index (χ2v) is 8.02. The van der Waals surface area contributed by atoms with Crippen LogP contribution in [0.25, 0.3) is 0 Å². The Labute approximate surface area is 198 Å². The third kappa shape index (κ3) is 7.23. The molecule has 0 bridgehead atoms. The summed E-state index contributed by atoms with van der Waals surface area (Å²) in [5.74, 6) is 1.53. The summed E-state index contributed by atoms with van der Waals surface area (Å²) >= 11 is 0. The molecule has 0 amide bonds. The summed E-state index contributed by atoms with van der Waals surface area (Å²) in [6, 6.07) is 3.98. The molecule has 1 aliphatic carbocycles. The van der Waals surface area contributed by atoms with Crippen molar-refractivity contribution in [1.82, 2.24) is 20.5 Å². The van der Waals surface area contributed by atoms with Gasteiger partial charge in [0.15, 0.2) is 5.96 Å². The molecule has 1 aliphatic heterocycles. The number of nitrogens with one attached hydrogen (secondary N) is 2. The largest absolute Gasteiger partial charge is 0.478 e. The van der Waals surface area contributed by atoms with Crippen LogP contribution in [0.4, 0.5) is 0 Å². The number of rotatable bonds is 8. The van der Waals surface area contributed by atoms with E-state index in [9.17, 15) is 0 Å². The van der Waals surface area contributed by atoms with Crippen molar-refractivity contribution in [2.75, 3.05) is 46.5 Å². The molecule has 2 fully saturated rings. The van der Waals surface area contributed by atoms with Crippen LogP contribution in [0.5, 0.6) is 5.88 Å². The molecule has 170 valence electrons. The van der Waals surface area contributed by atoms with E-state index in [0.717, 1.165) is 50.8 Å². The van der Waals surface area contributed by atoms with Crippen LogP contribution in [0.3, 0.4) is 0 Å². The summed E-state index contributed by atoms with van der Waals surface area (Å²) in [4.78, 5) is 11.4. The van der Waals surface area contributed by atoms with Crippen LogP contribution in [-0.4, -0.2) is 67.9 Å². The van der Waals surface area contributed by atoms with Crippen LogP contribution in [0.2, 0.25) is 0 Å². The molecule has 7 nitrogen and oxygen atoms in total. The number of ether oxygens (including phenoxy) is 2. The highest BCUT2D eigenvalue weighted by Gasteiger charge is 2.38. The lowest BCUT2D eigenvalue weighted by atomic mass is 9.80. The maximum absolute atomic E-state index is 5.59. The number of hydrogen-bond acceptors (Lipinski definition) is 5. The predicted molar refractivity (Wildman–Crippen MR) is 132 cm³/mol. The van der Waals surface area contributed by atoms with Gasteiger partial charge >= 0.3 is 0 Å². The fourth-order valence-electron chi connectivity index (χ4n) is 4.31. The Balaban J connectivity index is 0.00000320. The van der Waals surface area contributed by atoms with E-state index in [1.165, 1.54) is 32.1 Å². The predicted octanol–water partition coefficient (Wildman–Crippen LogP) is 3.19. The van der Waals surface area contributed by atoms with E-state index in [4.69, 9.17) is 9.47 Å². The van der Waals surface area contributed by atoms with Gasteiger partial charge in [0.25, 0.3) is 0 Å². The number of hydrogen-bond donors (Lipinski definition) is 2. The van der Waals surface area contributed by atoms with Gasteiger partial charge in [-0.3, -0.25) is 9.89 Å². The van der Waals surface area contributed by atoms with Crippen LogP contribution in [-0.2, 0) is 11.3 Å². The number of pyridine rings is 1. The summed E-state index contributed by atoms with van der Waals surface area (Å²) in [5, 5.41) is 7.02. The Kier molecular flexibility index (Phi) is 11.2. The van der Waals surface area contributed by atoms with Crippen LogP contribution < -0.4 is 15.4 Å². The zero-order valence-corrected chi connectivity index (χ0v) is 20.8. The summed E-state index contributed by atoms with van der Waals surface area (Å²) in [5.41, 5.74) is 1.33. The lowest BCUT2D eigenvalue weighted by molar-refractivity contribution is -0.0352. The highest BCUT2D eigenvalue weighted by molar-refractivity contribution is 14.0. The summed E-state index contributed by atoms with van der Waals surface area (Å²) in [7, 11) is 1.83. The highest BCUT2D eigenvalue weighted by atomic mass is 127. The number of aliphatic imine (C=N–C) groups is 1. The molecule has 1 saturated heterocycles. The normalized spacial score (nSPS) is 19.6. The van der Waals surface area contributed by atoms with Crippen molar-refractivity contribution in [3.63, 3.8) is 0 Å². The zero-order chi connectivity index (χ0) is 20.4. The van der Waals surface area contributed by atoms with E-state index >= 15 is 0 Å². The number of guanidine groups is 1. The molecule has 1 aromatic rings. The van der Waals surface area contributed by atoms with Gasteiger partial charge in [-0.2, -0.15) is 0 Å². The Morgan fingerprint density at radius 1 is 1.20 bits per heavy atom. The van der Waals surface area contributed by atoms with Crippen LogP contribution in [0.15, 0.2) is 23.3 Å². The molecule has 0 spiro atoms. The lowest BCUT2D eigenvalue weighted by Crippen LogP contribution is -2.60. The van der Waals surface area contributed by atoms with E-state index in [2.05, 4.69) is 38.5 Å². The second kappa shape index (κ2) is 13.3. The highest BCUT2D eigenvalue weighted by Crippen LogP contribution is 2.33. The standard InChI is InChI=1S/C22H37N5O2.HI/c1-3-13-29-20-8-7-19(16-24-20)17-25-21(23-2)26-18-22(9-5-4-6-10-22)27-11-14-28-15-12-27;/h7-8,16H,3-6,9-15,17-18H2,1-2H3,(H2,23,25,26);1H. The first-order valence-corrected chi connectivity index (χ1v) is 11.1. The molecular weight excluding hydrogens is 493 g/mol. The van der Waals surface area contributed by atoms with E-state index in [1.54, 1.807) is 0 Å². The summed E-state index contributed by atoms with van der Waals surface area (Å²) in [6.45, 7) is 8.16. The monoisotopic (exact) mass is 531 g/mol. The molecule has 2 N–H and O–H groups in total. The molecule has 0 unspecified atom stereocenters. The van der Waals surface area contributed by atoms with Crippen molar-refractivity contribution >= 4 is 29.9 Å². The quantitative estimate of drug-likeness (QED) is 0.305. The van der Waals surface area contributed by atoms with Gasteiger partial charge < -0.3 is 20.1 Å². The second-order valence-electron chi connectivity index (χ2n) is 8.02. The number of nitrogens with zero attached hydrogens (tertiary/aromatic N) is 3. The van der Waals surface area contributed by atoms with Crippen molar-refractivity contribution in [2.45, 2.75) is 57.5 Å². The maximum atomic E-state index is 5.59. The number of morpholine rings is 1. The molecule has 2 heterocycles. The van der Waals surface area contributed by atoms with Gasteiger partial charge in [-0.15, -0.1) is 24.0 Å². The van der Waals surface area contributed by atoms with Crippen molar-refractivity contribution in [3.05, 3.63) is 23.9 Å². The first-order chi connectivity index (χ1) is 14.3. The number of halogens is 1. The van der Waals surface area contributed by atoms with E-state index in [0.29, 0.717) is 19.0 Å². The van der Waals surface area contributed by atoms with Gasteiger partial charge in [0.1, 0.15) is 0 Å². The third-order valence-corrected chi connectivity index (χ3v) is 5.99. The molecular formula is C22H38IN5O2. The lowest BCUT2D eigenvalue weighted by Gasteiger charge is -2.48. The van der Waals surface area contributed by atoms with Crippen LogP contribution in [0.1, 0.15) is 51.0 Å². The summed E-state index contributed by atoms with van der Waals surface area (Å²) in [6.07, 6.45) is 9.32. The summed E-state index contributed by atoms with van der Waals surface area (Å²) < 4.78 is 11.1. The van der Waals surface area contributed by atoms with Crippen molar-refractivity contribution < 1.29 is 9.47 Å². The fraction of sp³-hybridized carbons (Fsp3) is 0.727. The SMILES string of the molecule is CCCOc1ccc(CNC(=NC)NCC2(N3CCOCC3)CCCCC2)cn1.I.